The third kappa shape index (κ3) is 4.78. The van der Waals surface area contributed by atoms with E-state index in [2.05, 4.69) is 19.2 Å². The molecule has 1 rings (SSSR count). The first kappa shape index (κ1) is 13.9. The summed E-state index contributed by atoms with van der Waals surface area (Å²) in [6.45, 7) is 9.59. The van der Waals surface area contributed by atoms with Gasteiger partial charge in [-0.1, -0.05) is 13.8 Å². The van der Waals surface area contributed by atoms with Crippen molar-refractivity contribution < 1.29 is 14.6 Å². The summed E-state index contributed by atoms with van der Waals surface area (Å²) in [5, 5.41) is 12.6. The SMILES string of the molecule is CC(C)CC(CO)NC1COC(C)(C)OC1. The Bertz CT molecular complexity index is 196. The summed E-state index contributed by atoms with van der Waals surface area (Å²) in [6, 6.07) is 0.322. The number of nitrogens with one attached hydrogen (secondary N) is 1. The van der Waals surface area contributed by atoms with Gasteiger partial charge in [-0.15, -0.1) is 0 Å². The molecule has 1 aliphatic heterocycles. The molecule has 1 saturated heterocycles. The van der Waals surface area contributed by atoms with E-state index in [-0.39, 0.29) is 18.7 Å². The molecule has 0 aromatic carbocycles. The van der Waals surface area contributed by atoms with Crippen LogP contribution in [0.2, 0.25) is 0 Å². The fourth-order valence-corrected chi connectivity index (χ4v) is 1.89. The minimum Gasteiger partial charge on any atom is -0.395 e. The van der Waals surface area contributed by atoms with Crippen LogP contribution < -0.4 is 5.32 Å². The van der Waals surface area contributed by atoms with Gasteiger partial charge in [-0.05, 0) is 26.2 Å². The van der Waals surface area contributed by atoms with Gasteiger partial charge in [0.2, 0.25) is 0 Å². The van der Waals surface area contributed by atoms with E-state index < -0.39 is 5.79 Å². The quantitative estimate of drug-likeness (QED) is 0.745. The van der Waals surface area contributed by atoms with Crippen LogP contribution in [0.3, 0.4) is 0 Å². The number of aliphatic hydroxyl groups excluding tert-OH is 1. The molecule has 2 N–H and O–H groups in total. The molecule has 1 heterocycles. The zero-order chi connectivity index (χ0) is 12.2. The lowest BCUT2D eigenvalue weighted by molar-refractivity contribution is -0.253. The fraction of sp³-hybridized carbons (Fsp3) is 1.00. The first-order valence-electron chi connectivity index (χ1n) is 6.08. The van der Waals surface area contributed by atoms with Gasteiger partial charge in [0.05, 0.1) is 25.9 Å². The van der Waals surface area contributed by atoms with E-state index in [1.807, 2.05) is 13.8 Å². The Morgan fingerprint density at radius 1 is 1.31 bits per heavy atom. The molecule has 4 heteroatoms. The molecule has 96 valence electrons. The summed E-state index contributed by atoms with van der Waals surface area (Å²) in [7, 11) is 0. The van der Waals surface area contributed by atoms with Crippen LogP contribution >= 0.6 is 0 Å². The zero-order valence-electron chi connectivity index (χ0n) is 10.8. The second kappa shape index (κ2) is 5.96. The highest BCUT2D eigenvalue weighted by atomic mass is 16.7. The van der Waals surface area contributed by atoms with Crippen LogP contribution in [-0.4, -0.2) is 42.8 Å². The zero-order valence-corrected chi connectivity index (χ0v) is 10.8. The van der Waals surface area contributed by atoms with Gasteiger partial charge in [0.1, 0.15) is 0 Å². The molecule has 0 aliphatic carbocycles. The van der Waals surface area contributed by atoms with E-state index in [0.717, 1.165) is 6.42 Å². The minimum atomic E-state index is -0.467. The summed E-state index contributed by atoms with van der Waals surface area (Å²) in [5.41, 5.74) is 0. The van der Waals surface area contributed by atoms with E-state index in [4.69, 9.17) is 9.47 Å². The van der Waals surface area contributed by atoms with Crippen molar-refractivity contribution >= 4 is 0 Å². The maximum Gasteiger partial charge on any atom is 0.162 e. The van der Waals surface area contributed by atoms with E-state index in [0.29, 0.717) is 19.1 Å². The highest BCUT2D eigenvalue weighted by Gasteiger charge is 2.29. The predicted octanol–water partition coefficient (Wildman–Crippen LogP) is 1.13. The Hall–Kier alpha value is -0.160. The third-order valence-electron chi connectivity index (χ3n) is 2.71. The van der Waals surface area contributed by atoms with Crippen LogP contribution in [0, 0.1) is 5.92 Å². The van der Waals surface area contributed by atoms with Crippen molar-refractivity contribution in [1.82, 2.24) is 5.32 Å². The molecule has 1 fully saturated rings. The van der Waals surface area contributed by atoms with Crippen LogP contribution in [0.5, 0.6) is 0 Å². The lowest BCUT2D eigenvalue weighted by atomic mass is 10.0. The molecule has 1 unspecified atom stereocenters. The first-order valence-corrected chi connectivity index (χ1v) is 6.08. The number of rotatable bonds is 5. The molecule has 1 atom stereocenters. The van der Waals surface area contributed by atoms with Crippen LogP contribution in [0.25, 0.3) is 0 Å². The average molecular weight is 231 g/mol. The fourth-order valence-electron chi connectivity index (χ4n) is 1.89. The van der Waals surface area contributed by atoms with Gasteiger partial charge in [0.15, 0.2) is 5.79 Å². The molecular weight excluding hydrogens is 206 g/mol. The number of hydrogen-bond donors (Lipinski definition) is 2. The second-order valence-electron chi connectivity index (χ2n) is 5.39. The average Bonchev–Trinajstić information content (AvgIpc) is 2.19. The van der Waals surface area contributed by atoms with Gasteiger partial charge in [0.25, 0.3) is 0 Å². The Labute approximate surface area is 98.3 Å². The van der Waals surface area contributed by atoms with Crippen LogP contribution in [-0.2, 0) is 9.47 Å². The van der Waals surface area contributed by atoms with Crippen molar-refractivity contribution in [1.29, 1.82) is 0 Å². The maximum absolute atomic E-state index is 9.26. The number of aliphatic hydroxyl groups is 1. The van der Waals surface area contributed by atoms with Crippen molar-refractivity contribution in [3.63, 3.8) is 0 Å². The summed E-state index contributed by atoms with van der Waals surface area (Å²) >= 11 is 0. The predicted molar refractivity (Wildman–Crippen MR) is 63.2 cm³/mol. The Morgan fingerprint density at radius 2 is 1.88 bits per heavy atom. The first-order chi connectivity index (χ1) is 7.43. The van der Waals surface area contributed by atoms with Gasteiger partial charge in [-0.25, -0.2) is 0 Å². The lowest BCUT2D eigenvalue weighted by Gasteiger charge is -2.36. The Kier molecular flexibility index (Phi) is 5.18. The smallest absolute Gasteiger partial charge is 0.162 e. The van der Waals surface area contributed by atoms with Gasteiger partial charge in [-0.2, -0.15) is 0 Å². The van der Waals surface area contributed by atoms with Crippen molar-refractivity contribution in [3.05, 3.63) is 0 Å². The van der Waals surface area contributed by atoms with Crippen molar-refractivity contribution in [3.8, 4) is 0 Å². The molecule has 0 bridgehead atoms. The third-order valence-corrected chi connectivity index (χ3v) is 2.71. The molecule has 1 aliphatic rings. The molecule has 4 nitrogen and oxygen atoms in total. The Balaban J connectivity index is 2.31. The monoisotopic (exact) mass is 231 g/mol. The van der Waals surface area contributed by atoms with E-state index in [1.54, 1.807) is 0 Å². The van der Waals surface area contributed by atoms with Gasteiger partial charge in [-0.3, -0.25) is 0 Å². The molecule has 0 radical (unpaired) electrons. The van der Waals surface area contributed by atoms with Crippen LogP contribution in [0.4, 0.5) is 0 Å². The second-order valence-corrected chi connectivity index (χ2v) is 5.39. The Morgan fingerprint density at radius 3 is 2.31 bits per heavy atom. The molecular formula is C12H25NO3. The van der Waals surface area contributed by atoms with Gasteiger partial charge >= 0.3 is 0 Å². The van der Waals surface area contributed by atoms with E-state index in [1.165, 1.54) is 0 Å². The largest absolute Gasteiger partial charge is 0.395 e. The highest BCUT2D eigenvalue weighted by Crippen LogP contribution is 2.17. The summed E-state index contributed by atoms with van der Waals surface area (Å²) in [6.07, 6.45) is 0.969. The molecule has 16 heavy (non-hydrogen) atoms. The van der Waals surface area contributed by atoms with E-state index in [9.17, 15) is 5.11 Å². The normalized spacial score (nSPS) is 23.6. The maximum atomic E-state index is 9.26. The van der Waals surface area contributed by atoms with Crippen molar-refractivity contribution in [2.24, 2.45) is 5.92 Å². The standard InChI is InChI=1S/C12H25NO3/c1-9(2)5-10(6-14)13-11-7-15-12(3,4)16-8-11/h9-11,13-14H,5-8H2,1-4H3. The summed E-state index contributed by atoms with van der Waals surface area (Å²) < 4.78 is 11.1. The minimum absolute atomic E-state index is 0.137. The summed E-state index contributed by atoms with van der Waals surface area (Å²) in [5.74, 6) is 0.108. The van der Waals surface area contributed by atoms with Gasteiger partial charge in [0, 0.05) is 6.04 Å². The number of hydrogen-bond acceptors (Lipinski definition) is 4. The topological polar surface area (TPSA) is 50.7 Å². The molecule has 0 spiro atoms. The summed E-state index contributed by atoms with van der Waals surface area (Å²) in [4.78, 5) is 0. The highest BCUT2D eigenvalue weighted by molar-refractivity contribution is 4.78. The van der Waals surface area contributed by atoms with E-state index >= 15 is 0 Å². The molecule has 0 aromatic heterocycles. The molecule has 0 amide bonds. The molecule has 0 saturated carbocycles. The van der Waals surface area contributed by atoms with Crippen LogP contribution in [0.15, 0.2) is 0 Å². The van der Waals surface area contributed by atoms with Gasteiger partial charge < -0.3 is 19.9 Å². The molecule has 0 aromatic rings. The lowest BCUT2D eigenvalue weighted by Crippen LogP contribution is -2.52. The van der Waals surface area contributed by atoms with Crippen molar-refractivity contribution in [2.45, 2.75) is 52.0 Å². The van der Waals surface area contributed by atoms with Crippen molar-refractivity contribution in [2.75, 3.05) is 19.8 Å². The number of ether oxygens (including phenoxy) is 2. The van der Waals surface area contributed by atoms with Crippen LogP contribution in [0.1, 0.15) is 34.1 Å².